The predicted octanol–water partition coefficient (Wildman–Crippen LogP) is 2.20. The Morgan fingerprint density at radius 2 is 1.76 bits per heavy atom. The summed E-state index contributed by atoms with van der Waals surface area (Å²) in [6.45, 7) is 7.44. The quantitative estimate of drug-likeness (QED) is 0.798. The monoisotopic (exact) mass is 396 g/mol. The van der Waals surface area contributed by atoms with E-state index in [1.807, 2.05) is 58.7 Å². The molecule has 1 aromatic carbocycles. The number of para-hydroxylation sites is 1. The third-order valence-corrected chi connectivity index (χ3v) is 5.89. The van der Waals surface area contributed by atoms with Gasteiger partial charge < -0.3 is 14.5 Å². The third-order valence-electron chi connectivity index (χ3n) is 5.89. The summed E-state index contributed by atoms with van der Waals surface area (Å²) in [6, 6.07) is 9.83. The first-order valence-corrected chi connectivity index (χ1v) is 10.3. The Morgan fingerprint density at radius 3 is 2.48 bits per heavy atom. The Kier molecular flexibility index (Phi) is 5.67. The minimum atomic E-state index is -0.129. The van der Waals surface area contributed by atoms with E-state index in [1.165, 1.54) is 0 Å². The van der Waals surface area contributed by atoms with E-state index in [9.17, 15) is 9.59 Å². The third kappa shape index (κ3) is 3.92. The molecule has 1 unspecified atom stereocenters. The minimum absolute atomic E-state index is 0.0262. The van der Waals surface area contributed by atoms with Gasteiger partial charge in [-0.1, -0.05) is 18.2 Å². The number of aromatic nitrogens is 2. The number of ether oxygens (including phenoxy) is 1. The molecule has 2 aliphatic heterocycles. The van der Waals surface area contributed by atoms with Crippen LogP contribution in [0.15, 0.2) is 30.3 Å². The molecule has 0 bridgehead atoms. The van der Waals surface area contributed by atoms with Crippen LogP contribution in [0.4, 0.5) is 0 Å². The number of benzene rings is 1. The lowest BCUT2D eigenvalue weighted by molar-refractivity contribution is -0.141. The van der Waals surface area contributed by atoms with Crippen molar-refractivity contribution < 1.29 is 14.3 Å². The molecule has 3 heterocycles. The molecule has 1 atom stereocenters. The first kappa shape index (κ1) is 19.6. The number of hydrogen-bond donors (Lipinski definition) is 0. The van der Waals surface area contributed by atoms with E-state index >= 15 is 0 Å². The fraction of sp³-hybridized carbons (Fsp3) is 0.500. The Hall–Kier alpha value is -2.67. The lowest BCUT2D eigenvalue weighted by Gasteiger charge is -2.36. The van der Waals surface area contributed by atoms with Crippen molar-refractivity contribution in [3.05, 3.63) is 47.3 Å². The maximum absolute atomic E-state index is 13.4. The van der Waals surface area contributed by atoms with Crippen molar-refractivity contribution in [2.45, 2.75) is 26.7 Å². The molecule has 1 aromatic heterocycles. The average Bonchev–Trinajstić information content (AvgIpc) is 3.08. The topological polar surface area (TPSA) is 67.7 Å². The van der Waals surface area contributed by atoms with E-state index in [0.29, 0.717) is 45.0 Å². The van der Waals surface area contributed by atoms with Crippen LogP contribution in [-0.2, 0) is 9.53 Å². The Bertz CT molecular complexity index is 887. The molecule has 2 saturated heterocycles. The van der Waals surface area contributed by atoms with Gasteiger partial charge in [-0.05, 0) is 38.8 Å². The minimum Gasteiger partial charge on any atom is -0.378 e. The normalized spacial score (nSPS) is 20.0. The number of likely N-dealkylation sites (tertiary alicyclic amines) is 1. The van der Waals surface area contributed by atoms with Crippen molar-refractivity contribution in [3.8, 4) is 5.69 Å². The van der Waals surface area contributed by atoms with Crippen molar-refractivity contribution in [1.29, 1.82) is 0 Å². The van der Waals surface area contributed by atoms with Gasteiger partial charge in [0.15, 0.2) is 0 Å². The zero-order valence-corrected chi connectivity index (χ0v) is 17.1. The van der Waals surface area contributed by atoms with Gasteiger partial charge in [-0.15, -0.1) is 0 Å². The Labute approximate surface area is 171 Å². The molecule has 0 spiro atoms. The van der Waals surface area contributed by atoms with Crippen LogP contribution in [0.25, 0.3) is 5.69 Å². The van der Waals surface area contributed by atoms with Gasteiger partial charge in [0.25, 0.3) is 5.91 Å². The predicted molar refractivity (Wildman–Crippen MR) is 109 cm³/mol. The van der Waals surface area contributed by atoms with Gasteiger partial charge in [-0.2, -0.15) is 5.10 Å². The summed E-state index contributed by atoms with van der Waals surface area (Å²) in [4.78, 5) is 30.0. The van der Waals surface area contributed by atoms with Crippen LogP contribution < -0.4 is 0 Å². The van der Waals surface area contributed by atoms with E-state index in [-0.39, 0.29) is 17.7 Å². The van der Waals surface area contributed by atoms with Gasteiger partial charge in [0, 0.05) is 26.2 Å². The maximum atomic E-state index is 13.4. The molecular weight excluding hydrogens is 368 g/mol. The number of aryl methyl sites for hydroxylation is 1. The van der Waals surface area contributed by atoms with Crippen molar-refractivity contribution in [2.75, 3.05) is 39.4 Å². The molecule has 4 rings (SSSR count). The van der Waals surface area contributed by atoms with E-state index in [4.69, 9.17) is 4.74 Å². The summed E-state index contributed by atoms with van der Waals surface area (Å²) >= 11 is 0. The molecule has 154 valence electrons. The van der Waals surface area contributed by atoms with Crippen LogP contribution in [0.2, 0.25) is 0 Å². The Morgan fingerprint density at radius 1 is 1.03 bits per heavy atom. The van der Waals surface area contributed by atoms with Crippen LogP contribution in [0.1, 0.15) is 34.6 Å². The van der Waals surface area contributed by atoms with Gasteiger partial charge in [0.1, 0.15) is 0 Å². The number of piperidine rings is 1. The molecule has 2 fully saturated rings. The summed E-state index contributed by atoms with van der Waals surface area (Å²) in [7, 11) is 0. The lowest BCUT2D eigenvalue weighted by Crippen LogP contribution is -2.49. The molecule has 2 aliphatic rings. The molecule has 0 saturated carbocycles. The van der Waals surface area contributed by atoms with Gasteiger partial charge in [0.05, 0.1) is 41.8 Å². The molecule has 7 heteroatoms. The van der Waals surface area contributed by atoms with E-state index in [0.717, 1.165) is 29.9 Å². The summed E-state index contributed by atoms with van der Waals surface area (Å²) in [5.41, 5.74) is 3.14. The summed E-state index contributed by atoms with van der Waals surface area (Å²) in [6.07, 6.45) is 1.68. The Balaban J connectivity index is 1.52. The number of nitrogens with zero attached hydrogens (tertiary/aromatic N) is 4. The van der Waals surface area contributed by atoms with Gasteiger partial charge in [-0.3, -0.25) is 9.59 Å². The number of carbonyl (C=O) groups excluding carboxylic acids is 2. The standard InChI is InChI=1S/C22H28N4O3/c1-16-20(17(2)26(23-16)19-8-4-3-5-9-19)22(28)25-10-6-7-18(15-25)21(27)24-11-13-29-14-12-24/h3-5,8-9,18H,6-7,10-15H2,1-2H3. The zero-order valence-electron chi connectivity index (χ0n) is 17.1. The van der Waals surface area contributed by atoms with Crippen molar-refractivity contribution in [3.63, 3.8) is 0 Å². The second kappa shape index (κ2) is 8.37. The fourth-order valence-electron chi connectivity index (χ4n) is 4.34. The molecule has 2 aromatic rings. The first-order valence-electron chi connectivity index (χ1n) is 10.3. The second-order valence-electron chi connectivity index (χ2n) is 7.82. The SMILES string of the molecule is Cc1nn(-c2ccccc2)c(C)c1C(=O)N1CCCC(C(=O)N2CCOCC2)C1. The number of hydrogen-bond acceptors (Lipinski definition) is 4. The van der Waals surface area contributed by atoms with Gasteiger partial charge in [0.2, 0.25) is 5.91 Å². The number of carbonyl (C=O) groups is 2. The van der Waals surface area contributed by atoms with Crippen molar-refractivity contribution >= 4 is 11.8 Å². The van der Waals surface area contributed by atoms with E-state index in [1.54, 1.807) is 0 Å². The van der Waals surface area contributed by atoms with Crippen molar-refractivity contribution in [2.24, 2.45) is 5.92 Å². The van der Waals surface area contributed by atoms with Gasteiger partial charge >= 0.3 is 0 Å². The van der Waals surface area contributed by atoms with E-state index < -0.39 is 0 Å². The smallest absolute Gasteiger partial charge is 0.257 e. The highest BCUT2D eigenvalue weighted by atomic mass is 16.5. The average molecular weight is 396 g/mol. The molecule has 0 radical (unpaired) electrons. The fourth-order valence-corrected chi connectivity index (χ4v) is 4.34. The number of amides is 2. The molecule has 29 heavy (non-hydrogen) atoms. The maximum Gasteiger partial charge on any atom is 0.257 e. The van der Waals surface area contributed by atoms with E-state index in [2.05, 4.69) is 5.10 Å². The first-order chi connectivity index (χ1) is 14.1. The molecule has 7 nitrogen and oxygen atoms in total. The summed E-state index contributed by atoms with van der Waals surface area (Å²) in [5.74, 6) is -0.00327. The highest BCUT2D eigenvalue weighted by molar-refractivity contribution is 5.97. The van der Waals surface area contributed by atoms with Crippen LogP contribution in [0.3, 0.4) is 0 Å². The van der Waals surface area contributed by atoms with Crippen LogP contribution in [0.5, 0.6) is 0 Å². The highest BCUT2D eigenvalue weighted by Gasteiger charge is 2.33. The highest BCUT2D eigenvalue weighted by Crippen LogP contribution is 2.24. The van der Waals surface area contributed by atoms with Crippen molar-refractivity contribution in [1.82, 2.24) is 19.6 Å². The van der Waals surface area contributed by atoms with Crippen LogP contribution >= 0.6 is 0 Å². The molecule has 0 aliphatic carbocycles. The zero-order chi connectivity index (χ0) is 20.4. The van der Waals surface area contributed by atoms with Crippen LogP contribution in [-0.4, -0.2) is 70.8 Å². The molecule has 0 N–H and O–H groups in total. The van der Waals surface area contributed by atoms with Crippen LogP contribution in [0, 0.1) is 19.8 Å². The summed E-state index contributed by atoms with van der Waals surface area (Å²) in [5, 5.41) is 4.60. The lowest BCUT2D eigenvalue weighted by atomic mass is 9.95. The largest absolute Gasteiger partial charge is 0.378 e. The number of rotatable bonds is 3. The number of morpholine rings is 1. The summed E-state index contributed by atoms with van der Waals surface area (Å²) < 4.78 is 7.17. The molecular formula is C22H28N4O3. The van der Waals surface area contributed by atoms with Gasteiger partial charge in [-0.25, -0.2) is 4.68 Å². The molecule has 2 amide bonds. The second-order valence-corrected chi connectivity index (χ2v) is 7.82.